The van der Waals surface area contributed by atoms with Crippen molar-refractivity contribution in [1.29, 1.82) is 0 Å². The highest BCUT2D eigenvalue weighted by Gasteiger charge is 2.29. The highest BCUT2D eigenvalue weighted by atomic mass is 16.5. The summed E-state index contributed by atoms with van der Waals surface area (Å²) in [4.78, 5) is 18.3. The molecular formula is C26H33N5O2. The Kier molecular flexibility index (Phi) is 7.40. The Hall–Kier alpha value is -3.19. The van der Waals surface area contributed by atoms with Crippen molar-refractivity contribution in [3.8, 4) is 22.6 Å². The number of aromatic nitrogens is 3. The van der Waals surface area contributed by atoms with Crippen LogP contribution in [0.1, 0.15) is 43.5 Å². The van der Waals surface area contributed by atoms with Gasteiger partial charge in [-0.15, -0.1) is 0 Å². The second kappa shape index (κ2) is 10.6. The van der Waals surface area contributed by atoms with E-state index in [-0.39, 0.29) is 6.04 Å². The van der Waals surface area contributed by atoms with Crippen molar-refractivity contribution in [3.05, 3.63) is 60.2 Å². The number of likely N-dealkylation sites (tertiary alicyclic amines) is 1. The lowest BCUT2D eigenvalue weighted by Crippen LogP contribution is -2.34. The van der Waals surface area contributed by atoms with Crippen LogP contribution in [0, 0.1) is 0 Å². The Bertz CT molecular complexity index is 1060. The first-order valence-electron chi connectivity index (χ1n) is 11.6. The van der Waals surface area contributed by atoms with E-state index in [1.807, 2.05) is 62.7 Å². The van der Waals surface area contributed by atoms with E-state index in [1.165, 1.54) is 18.4 Å². The molecule has 0 spiro atoms. The molecule has 0 bridgehead atoms. The number of methoxy groups -OCH3 is 1. The minimum atomic E-state index is 0.210. The Morgan fingerprint density at radius 3 is 2.64 bits per heavy atom. The van der Waals surface area contributed by atoms with Gasteiger partial charge in [0, 0.05) is 44.8 Å². The number of benzene rings is 1. The predicted molar refractivity (Wildman–Crippen MR) is 131 cm³/mol. The smallest absolute Gasteiger partial charge is 0.225 e. The molecule has 0 N–H and O–H groups in total. The first-order chi connectivity index (χ1) is 16.1. The Morgan fingerprint density at radius 1 is 1.09 bits per heavy atom. The van der Waals surface area contributed by atoms with Crippen molar-refractivity contribution in [2.75, 3.05) is 39.3 Å². The van der Waals surface area contributed by atoms with Gasteiger partial charge in [-0.05, 0) is 61.7 Å². The maximum Gasteiger partial charge on any atom is 0.225 e. The Balaban J connectivity index is 1.70. The lowest BCUT2D eigenvalue weighted by atomic mass is 9.93. The zero-order valence-corrected chi connectivity index (χ0v) is 20.0. The maximum absolute atomic E-state index is 5.81. The molecule has 4 rings (SSSR count). The van der Waals surface area contributed by atoms with Gasteiger partial charge in [-0.3, -0.25) is 9.88 Å². The lowest BCUT2D eigenvalue weighted by molar-refractivity contribution is 0.137. The monoisotopic (exact) mass is 447 g/mol. The van der Waals surface area contributed by atoms with Crippen molar-refractivity contribution < 1.29 is 9.47 Å². The molecule has 33 heavy (non-hydrogen) atoms. The molecule has 174 valence electrons. The summed E-state index contributed by atoms with van der Waals surface area (Å²) in [6.07, 6.45) is 9.04. The minimum Gasteiger partial charge on any atom is -0.493 e. The highest BCUT2D eigenvalue weighted by Crippen LogP contribution is 2.38. The van der Waals surface area contributed by atoms with E-state index in [4.69, 9.17) is 14.5 Å². The summed E-state index contributed by atoms with van der Waals surface area (Å²) in [7, 11) is 5.64. The van der Waals surface area contributed by atoms with Crippen LogP contribution in [0.3, 0.4) is 0 Å². The van der Waals surface area contributed by atoms with Gasteiger partial charge in [-0.25, -0.2) is 9.97 Å². The van der Waals surface area contributed by atoms with Gasteiger partial charge in [0.1, 0.15) is 0 Å². The summed E-state index contributed by atoms with van der Waals surface area (Å²) >= 11 is 0. The van der Waals surface area contributed by atoms with Gasteiger partial charge in [-0.2, -0.15) is 0 Å². The number of hydrogen-bond donors (Lipinski definition) is 0. The van der Waals surface area contributed by atoms with Gasteiger partial charge in [0.2, 0.25) is 5.95 Å². The van der Waals surface area contributed by atoms with Crippen LogP contribution in [0.25, 0.3) is 11.1 Å². The fourth-order valence-electron chi connectivity index (χ4n) is 4.42. The van der Waals surface area contributed by atoms with Crippen molar-refractivity contribution >= 4 is 5.95 Å². The van der Waals surface area contributed by atoms with E-state index in [2.05, 4.69) is 27.0 Å². The fraction of sp³-hybridized carbons (Fsp3) is 0.423. The second-order valence-corrected chi connectivity index (χ2v) is 8.50. The quantitative estimate of drug-likeness (QED) is 0.494. The SMILES string of the molecule is CCOc1cc(CN2CCCC[C@H]2c2nc(N(C)C)ncc2-c2ccncc2)ccc1OC. The highest BCUT2D eigenvalue weighted by molar-refractivity contribution is 5.66. The molecule has 1 fully saturated rings. The average molecular weight is 448 g/mol. The van der Waals surface area contributed by atoms with Crippen molar-refractivity contribution in [2.45, 2.75) is 38.8 Å². The standard InChI is InChI=1S/C26H33N5O2/c1-5-33-24-16-19(9-10-23(24)32-4)18-31-15-7-6-8-22(31)25-21(20-11-13-27-14-12-20)17-28-26(29-25)30(2)3/h9-14,16-17,22H,5-8,15,18H2,1-4H3/t22-/m0/s1. The Morgan fingerprint density at radius 2 is 1.91 bits per heavy atom. The number of nitrogens with zero attached hydrogens (tertiary/aromatic N) is 5. The molecule has 0 radical (unpaired) electrons. The predicted octanol–water partition coefficient (Wildman–Crippen LogP) is 4.74. The first-order valence-corrected chi connectivity index (χ1v) is 11.6. The molecule has 0 saturated carbocycles. The summed E-state index contributed by atoms with van der Waals surface area (Å²) < 4.78 is 11.3. The van der Waals surface area contributed by atoms with Crippen molar-refractivity contribution in [1.82, 2.24) is 19.9 Å². The molecule has 1 saturated heterocycles. The molecule has 2 aromatic heterocycles. The zero-order valence-electron chi connectivity index (χ0n) is 20.0. The van der Waals surface area contributed by atoms with Crippen LogP contribution in [0.15, 0.2) is 48.9 Å². The normalized spacial score (nSPS) is 16.4. The zero-order chi connectivity index (χ0) is 23.2. The third kappa shape index (κ3) is 5.25. The largest absolute Gasteiger partial charge is 0.493 e. The Labute approximate surface area is 196 Å². The molecule has 1 aliphatic heterocycles. The van der Waals surface area contributed by atoms with E-state index in [1.54, 1.807) is 7.11 Å². The third-order valence-electron chi connectivity index (χ3n) is 6.04. The van der Waals surface area contributed by atoms with Gasteiger partial charge in [0.25, 0.3) is 0 Å². The summed E-state index contributed by atoms with van der Waals surface area (Å²) in [5.41, 5.74) is 4.46. The molecule has 3 heterocycles. The maximum atomic E-state index is 5.81. The average Bonchev–Trinajstić information content (AvgIpc) is 2.85. The molecule has 0 aliphatic carbocycles. The molecule has 7 heteroatoms. The topological polar surface area (TPSA) is 63.6 Å². The van der Waals surface area contributed by atoms with E-state index < -0.39 is 0 Å². The molecule has 7 nitrogen and oxygen atoms in total. The summed E-state index contributed by atoms with van der Waals surface area (Å²) in [5.74, 6) is 2.29. The summed E-state index contributed by atoms with van der Waals surface area (Å²) in [6, 6.07) is 10.5. The number of pyridine rings is 1. The number of rotatable bonds is 8. The van der Waals surface area contributed by atoms with Crippen LogP contribution in [0.5, 0.6) is 11.5 Å². The molecule has 0 unspecified atom stereocenters. The molecular weight excluding hydrogens is 414 g/mol. The molecule has 1 atom stereocenters. The van der Waals surface area contributed by atoms with E-state index >= 15 is 0 Å². The van der Waals surface area contributed by atoms with Crippen LogP contribution in [-0.2, 0) is 6.54 Å². The third-order valence-corrected chi connectivity index (χ3v) is 6.04. The van der Waals surface area contributed by atoms with Gasteiger partial charge in [0.15, 0.2) is 11.5 Å². The van der Waals surface area contributed by atoms with E-state index in [0.717, 1.165) is 53.8 Å². The first kappa shape index (κ1) is 23.0. The van der Waals surface area contributed by atoms with Crippen molar-refractivity contribution in [3.63, 3.8) is 0 Å². The molecule has 3 aromatic rings. The van der Waals surface area contributed by atoms with Crippen LogP contribution in [-0.4, -0.2) is 54.2 Å². The van der Waals surface area contributed by atoms with Crippen LogP contribution < -0.4 is 14.4 Å². The van der Waals surface area contributed by atoms with Gasteiger partial charge < -0.3 is 14.4 Å². The molecule has 1 aromatic carbocycles. The fourth-order valence-corrected chi connectivity index (χ4v) is 4.42. The second-order valence-electron chi connectivity index (χ2n) is 8.50. The number of ether oxygens (including phenoxy) is 2. The number of anilines is 1. The summed E-state index contributed by atoms with van der Waals surface area (Å²) in [6.45, 7) is 4.45. The lowest BCUT2D eigenvalue weighted by Gasteiger charge is -2.36. The number of piperidine rings is 1. The van der Waals surface area contributed by atoms with Crippen LogP contribution >= 0.6 is 0 Å². The van der Waals surface area contributed by atoms with Gasteiger partial charge in [0.05, 0.1) is 25.5 Å². The van der Waals surface area contributed by atoms with E-state index in [9.17, 15) is 0 Å². The minimum absolute atomic E-state index is 0.210. The van der Waals surface area contributed by atoms with Crippen LogP contribution in [0.4, 0.5) is 5.95 Å². The van der Waals surface area contributed by atoms with Gasteiger partial charge in [-0.1, -0.05) is 12.5 Å². The summed E-state index contributed by atoms with van der Waals surface area (Å²) in [5, 5.41) is 0. The molecule has 0 amide bonds. The van der Waals surface area contributed by atoms with Crippen molar-refractivity contribution in [2.24, 2.45) is 0 Å². The van der Waals surface area contributed by atoms with E-state index in [0.29, 0.717) is 6.61 Å². The van der Waals surface area contributed by atoms with Crippen LogP contribution in [0.2, 0.25) is 0 Å². The molecule has 1 aliphatic rings. The van der Waals surface area contributed by atoms with Gasteiger partial charge >= 0.3 is 0 Å². The number of hydrogen-bond acceptors (Lipinski definition) is 7.